The van der Waals surface area contributed by atoms with Gasteiger partial charge in [-0.3, -0.25) is 4.79 Å². The molecule has 3 rings (SSSR count). The largest absolute Gasteiger partial charge is 0.486 e. The van der Waals surface area contributed by atoms with Crippen LogP contribution in [0.5, 0.6) is 11.5 Å². The maximum Gasteiger partial charge on any atom is 0.241 e. The highest BCUT2D eigenvalue weighted by atomic mass is 32.2. The van der Waals surface area contributed by atoms with Crippen LogP contribution >= 0.6 is 0 Å². The maximum absolute atomic E-state index is 13.5. The van der Waals surface area contributed by atoms with E-state index >= 15 is 0 Å². The summed E-state index contributed by atoms with van der Waals surface area (Å²) in [5.74, 6) is -0.510. The monoisotopic (exact) mass is 366 g/mol. The topological polar surface area (TPSA) is 93.7 Å². The Morgan fingerprint density at radius 3 is 2.56 bits per heavy atom. The van der Waals surface area contributed by atoms with E-state index in [0.29, 0.717) is 24.7 Å². The minimum atomic E-state index is -3.93. The van der Waals surface area contributed by atoms with Crippen LogP contribution in [0.1, 0.15) is 0 Å². The van der Waals surface area contributed by atoms with E-state index < -0.39 is 28.3 Å². The standard InChI is InChI=1S/C16H15FN2O5S/c17-12-3-1-2-4-13(12)19-16(20)10-18-25(21,22)11-5-6-14-15(9-11)24-8-7-23-14/h1-6,9,18H,7-8,10H2,(H,19,20). The van der Waals surface area contributed by atoms with Crippen molar-refractivity contribution >= 4 is 21.6 Å². The van der Waals surface area contributed by atoms with Crippen molar-refractivity contribution in [3.63, 3.8) is 0 Å². The van der Waals surface area contributed by atoms with Crippen molar-refractivity contribution in [2.45, 2.75) is 4.90 Å². The molecule has 2 aromatic carbocycles. The third-order valence-corrected chi connectivity index (χ3v) is 4.79. The molecule has 0 spiro atoms. The van der Waals surface area contributed by atoms with Gasteiger partial charge < -0.3 is 14.8 Å². The lowest BCUT2D eigenvalue weighted by molar-refractivity contribution is -0.115. The van der Waals surface area contributed by atoms with Crippen LogP contribution in [0.3, 0.4) is 0 Å². The quantitative estimate of drug-likeness (QED) is 0.837. The van der Waals surface area contributed by atoms with E-state index in [4.69, 9.17) is 9.47 Å². The predicted octanol–water partition coefficient (Wildman–Crippen LogP) is 1.51. The van der Waals surface area contributed by atoms with Gasteiger partial charge in [-0.05, 0) is 24.3 Å². The molecule has 9 heteroatoms. The second-order valence-electron chi connectivity index (χ2n) is 5.16. The average molecular weight is 366 g/mol. The van der Waals surface area contributed by atoms with Gasteiger partial charge in [-0.15, -0.1) is 0 Å². The zero-order valence-electron chi connectivity index (χ0n) is 13.0. The Balaban J connectivity index is 1.65. The molecule has 0 unspecified atom stereocenters. The lowest BCUT2D eigenvalue weighted by Crippen LogP contribution is -2.33. The molecule has 0 atom stereocenters. The third kappa shape index (κ3) is 4.06. The molecule has 1 heterocycles. The first kappa shape index (κ1) is 17.2. The van der Waals surface area contributed by atoms with E-state index in [-0.39, 0.29) is 10.6 Å². The first-order valence-electron chi connectivity index (χ1n) is 7.39. The average Bonchev–Trinajstić information content (AvgIpc) is 2.62. The Bertz CT molecular complexity index is 901. The number of halogens is 1. The van der Waals surface area contributed by atoms with Gasteiger partial charge in [0, 0.05) is 6.07 Å². The first-order chi connectivity index (χ1) is 12.0. The van der Waals surface area contributed by atoms with E-state index in [1.165, 1.54) is 36.4 Å². The number of ether oxygens (including phenoxy) is 2. The van der Waals surface area contributed by atoms with Gasteiger partial charge >= 0.3 is 0 Å². The van der Waals surface area contributed by atoms with Crippen LogP contribution < -0.4 is 19.5 Å². The van der Waals surface area contributed by atoms with Gasteiger partial charge in [0.25, 0.3) is 0 Å². The highest BCUT2D eigenvalue weighted by Gasteiger charge is 2.20. The highest BCUT2D eigenvalue weighted by Crippen LogP contribution is 2.32. The molecule has 0 fully saturated rings. The number of carbonyl (C=O) groups excluding carboxylic acids is 1. The van der Waals surface area contributed by atoms with Crippen LogP contribution in [0.25, 0.3) is 0 Å². The Kier molecular flexibility index (Phi) is 4.86. The second kappa shape index (κ2) is 7.08. The number of amides is 1. The molecular weight excluding hydrogens is 351 g/mol. The van der Waals surface area contributed by atoms with Crippen molar-refractivity contribution in [1.82, 2.24) is 4.72 Å². The van der Waals surface area contributed by atoms with Gasteiger partial charge in [0.05, 0.1) is 17.1 Å². The number of rotatable bonds is 5. The van der Waals surface area contributed by atoms with Crippen molar-refractivity contribution < 1.29 is 27.1 Å². The molecule has 0 saturated carbocycles. The number of nitrogens with one attached hydrogen (secondary N) is 2. The van der Waals surface area contributed by atoms with Crippen molar-refractivity contribution in [2.24, 2.45) is 0 Å². The molecule has 0 saturated heterocycles. The van der Waals surface area contributed by atoms with Crippen LogP contribution in [-0.2, 0) is 14.8 Å². The van der Waals surface area contributed by atoms with Crippen LogP contribution in [0.2, 0.25) is 0 Å². The van der Waals surface area contributed by atoms with Crippen LogP contribution in [0.15, 0.2) is 47.4 Å². The highest BCUT2D eigenvalue weighted by molar-refractivity contribution is 7.89. The number of benzene rings is 2. The van der Waals surface area contributed by atoms with E-state index in [1.807, 2.05) is 0 Å². The summed E-state index contributed by atoms with van der Waals surface area (Å²) in [6.45, 7) is 0.188. The van der Waals surface area contributed by atoms with Crippen molar-refractivity contribution in [2.75, 3.05) is 25.1 Å². The Labute approximate surface area is 143 Å². The van der Waals surface area contributed by atoms with Crippen molar-refractivity contribution in [1.29, 1.82) is 0 Å². The van der Waals surface area contributed by atoms with E-state index in [2.05, 4.69) is 10.0 Å². The van der Waals surface area contributed by atoms with E-state index in [1.54, 1.807) is 6.07 Å². The minimum absolute atomic E-state index is 0.0222. The zero-order chi connectivity index (χ0) is 17.9. The van der Waals surface area contributed by atoms with Gasteiger partial charge in [0.2, 0.25) is 15.9 Å². The number of anilines is 1. The summed E-state index contributed by atoms with van der Waals surface area (Å²) < 4.78 is 50.9. The van der Waals surface area contributed by atoms with Gasteiger partial charge in [0.15, 0.2) is 11.5 Å². The molecule has 1 amide bonds. The van der Waals surface area contributed by atoms with Crippen LogP contribution in [0.4, 0.5) is 10.1 Å². The van der Waals surface area contributed by atoms with E-state index in [9.17, 15) is 17.6 Å². The number of fused-ring (bicyclic) bond motifs is 1. The molecule has 0 radical (unpaired) electrons. The van der Waals surface area contributed by atoms with Gasteiger partial charge in [-0.2, -0.15) is 0 Å². The Hall–Kier alpha value is -2.65. The number of sulfonamides is 1. The maximum atomic E-state index is 13.5. The molecular formula is C16H15FN2O5S. The summed E-state index contributed by atoms with van der Waals surface area (Å²) in [5.41, 5.74) is -0.0222. The molecule has 25 heavy (non-hydrogen) atoms. The Morgan fingerprint density at radius 2 is 1.80 bits per heavy atom. The third-order valence-electron chi connectivity index (χ3n) is 3.39. The Morgan fingerprint density at radius 1 is 1.08 bits per heavy atom. The van der Waals surface area contributed by atoms with E-state index in [0.717, 1.165) is 0 Å². The lowest BCUT2D eigenvalue weighted by Gasteiger charge is -2.18. The van der Waals surface area contributed by atoms with Crippen molar-refractivity contribution in [3.8, 4) is 11.5 Å². The molecule has 132 valence electrons. The number of carbonyl (C=O) groups is 1. The summed E-state index contributed by atoms with van der Waals surface area (Å²) in [6, 6.07) is 9.77. The normalized spacial score (nSPS) is 13.3. The molecule has 0 aromatic heterocycles. The molecule has 1 aliphatic heterocycles. The fourth-order valence-corrected chi connectivity index (χ4v) is 3.19. The summed E-state index contributed by atoms with van der Waals surface area (Å²) in [7, 11) is -3.93. The molecule has 1 aliphatic rings. The second-order valence-corrected chi connectivity index (χ2v) is 6.92. The first-order valence-corrected chi connectivity index (χ1v) is 8.88. The SMILES string of the molecule is O=C(CNS(=O)(=O)c1ccc2c(c1)OCCO2)Nc1ccccc1F. The summed E-state index contributed by atoms with van der Waals surface area (Å²) in [5, 5.41) is 2.30. The number of hydrogen-bond donors (Lipinski definition) is 2. The van der Waals surface area contributed by atoms with Crippen molar-refractivity contribution in [3.05, 3.63) is 48.3 Å². The summed E-state index contributed by atoms with van der Waals surface area (Å²) in [4.78, 5) is 11.8. The smallest absolute Gasteiger partial charge is 0.241 e. The van der Waals surface area contributed by atoms with Gasteiger partial charge in [-0.1, -0.05) is 12.1 Å². The van der Waals surface area contributed by atoms with Crippen LogP contribution in [-0.4, -0.2) is 34.1 Å². The summed E-state index contributed by atoms with van der Waals surface area (Å²) in [6.07, 6.45) is 0. The molecule has 2 aromatic rings. The fourth-order valence-electron chi connectivity index (χ4n) is 2.19. The fraction of sp³-hybridized carbons (Fsp3) is 0.188. The minimum Gasteiger partial charge on any atom is -0.486 e. The van der Waals surface area contributed by atoms with Gasteiger partial charge in [0.1, 0.15) is 19.0 Å². The lowest BCUT2D eigenvalue weighted by atomic mass is 10.3. The molecule has 0 bridgehead atoms. The molecule has 7 nitrogen and oxygen atoms in total. The van der Waals surface area contributed by atoms with Crippen LogP contribution in [0, 0.1) is 5.82 Å². The zero-order valence-corrected chi connectivity index (χ0v) is 13.8. The predicted molar refractivity (Wildman–Crippen MR) is 87.7 cm³/mol. The number of hydrogen-bond acceptors (Lipinski definition) is 5. The molecule has 0 aliphatic carbocycles. The number of para-hydroxylation sites is 1. The summed E-state index contributed by atoms with van der Waals surface area (Å²) >= 11 is 0. The van der Waals surface area contributed by atoms with Gasteiger partial charge in [-0.25, -0.2) is 17.5 Å². The molecule has 2 N–H and O–H groups in total.